The Balaban J connectivity index is 1.47. The number of hydrogen-bond acceptors (Lipinski definition) is 6. The van der Waals surface area contributed by atoms with Gasteiger partial charge in [-0.2, -0.15) is 0 Å². The Hall–Kier alpha value is -4.08. The summed E-state index contributed by atoms with van der Waals surface area (Å²) in [5.74, 6) is 0.859. The zero-order valence-corrected chi connectivity index (χ0v) is 19.8. The largest absolute Gasteiger partial charge is 0.333 e. The first-order chi connectivity index (χ1) is 17.0. The highest BCUT2D eigenvalue weighted by molar-refractivity contribution is 5.90. The zero-order chi connectivity index (χ0) is 24.5. The number of carbonyl (C=O) groups excluding carboxylic acids is 1. The number of imidazole rings is 1. The van der Waals surface area contributed by atoms with E-state index in [2.05, 4.69) is 19.9 Å². The minimum atomic E-state index is -0.333. The van der Waals surface area contributed by atoms with Crippen LogP contribution in [0.4, 0.5) is 5.82 Å². The molecule has 0 saturated heterocycles. The van der Waals surface area contributed by atoms with E-state index in [1.54, 1.807) is 34.0 Å². The van der Waals surface area contributed by atoms with Crippen LogP contribution in [-0.2, 0) is 17.8 Å². The van der Waals surface area contributed by atoms with Gasteiger partial charge < -0.3 is 4.98 Å². The van der Waals surface area contributed by atoms with Crippen molar-refractivity contribution in [2.75, 3.05) is 11.4 Å². The van der Waals surface area contributed by atoms with E-state index in [9.17, 15) is 14.4 Å². The first kappa shape index (κ1) is 22.7. The van der Waals surface area contributed by atoms with Crippen molar-refractivity contribution >= 4 is 22.9 Å². The monoisotopic (exact) mass is 473 g/mol. The lowest BCUT2D eigenvalue weighted by atomic mass is 10.2. The van der Waals surface area contributed by atoms with Crippen molar-refractivity contribution in [1.82, 2.24) is 29.1 Å². The Kier molecular flexibility index (Phi) is 6.02. The van der Waals surface area contributed by atoms with Crippen molar-refractivity contribution in [1.29, 1.82) is 0 Å². The van der Waals surface area contributed by atoms with Crippen molar-refractivity contribution in [2.24, 2.45) is 0 Å². The summed E-state index contributed by atoms with van der Waals surface area (Å²) in [4.78, 5) is 56.4. The Bertz CT molecular complexity index is 1480. The molecule has 4 aromatic heterocycles. The van der Waals surface area contributed by atoms with Crippen molar-refractivity contribution in [2.45, 2.75) is 52.1 Å². The van der Waals surface area contributed by atoms with Gasteiger partial charge in [-0.3, -0.25) is 28.6 Å². The van der Waals surface area contributed by atoms with Crippen LogP contribution in [0.1, 0.15) is 44.8 Å². The van der Waals surface area contributed by atoms with Crippen LogP contribution in [0.15, 0.2) is 52.3 Å². The maximum Gasteiger partial charge on any atom is 0.333 e. The summed E-state index contributed by atoms with van der Waals surface area (Å²) in [6, 6.07) is 9.22. The fourth-order valence-corrected chi connectivity index (χ4v) is 4.24. The molecule has 1 aliphatic rings. The number of rotatable bonds is 8. The zero-order valence-electron chi connectivity index (χ0n) is 19.8. The van der Waals surface area contributed by atoms with Crippen LogP contribution in [0.3, 0.4) is 0 Å². The highest BCUT2D eigenvalue weighted by Crippen LogP contribution is 2.32. The first-order valence-electron chi connectivity index (χ1n) is 11.9. The molecule has 1 saturated carbocycles. The number of aromatic nitrogens is 6. The van der Waals surface area contributed by atoms with Crippen LogP contribution < -0.4 is 16.1 Å². The molecule has 1 amide bonds. The highest BCUT2D eigenvalue weighted by atomic mass is 16.2. The van der Waals surface area contributed by atoms with Crippen LogP contribution in [0.5, 0.6) is 0 Å². The number of aromatic amines is 1. The number of anilines is 1. The lowest BCUT2D eigenvalue weighted by Crippen LogP contribution is -2.39. The second-order valence-electron chi connectivity index (χ2n) is 8.77. The molecular weight excluding hydrogens is 446 g/mol. The molecule has 0 spiro atoms. The standard InChI is InChI=1S/C25H27N7O3/c1-3-13-31-23-21(24(34)32(25(31)35)19-8-9-19)28-22(29-23)17-7-10-20(27-15-17)30(16(2)33)14-11-18-6-4-5-12-26-18/h4-7,10,12,15,19H,3,8-9,11,13-14H2,1-2H3,(H,28,29). The van der Waals surface area contributed by atoms with Gasteiger partial charge in [0.05, 0.1) is 0 Å². The molecule has 1 N–H and O–H groups in total. The Morgan fingerprint density at radius 3 is 2.63 bits per heavy atom. The summed E-state index contributed by atoms with van der Waals surface area (Å²) in [7, 11) is 0. The number of pyridine rings is 2. The van der Waals surface area contributed by atoms with Crippen LogP contribution in [-0.4, -0.2) is 41.5 Å². The molecule has 0 unspecified atom stereocenters. The van der Waals surface area contributed by atoms with E-state index in [0.717, 1.165) is 25.0 Å². The van der Waals surface area contributed by atoms with Gasteiger partial charge >= 0.3 is 5.69 Å². The molecule has 0 atom stereocenters. The van der Waals surface area contributed by atoms with Crippen molar-refractivity contribution in [3.8, 4) is 11.4 Å². The Morgan fingerprint density at radius 1 is 1.17 bits per heavy atom. The maximum absolute atomic E-state index is 13.1. The molecule has 4 aromatic rings. The molecule has 5 rings (SSSR count). The quantitative estimate of drug-likeness (QED) is 0.420. The molecule has 0 aliphatic heterocycles. The summed E-state index contributed by atoms with van der Waals surface area (Å²) < 4.78 is 2.93. The topological polar surface area (TPSA) is 119 Å². The maximum atomic E-state index is 13.1. The third-order valence-corrected chi connectivity index (χ3v) is 6.16. The molecule has 0 radical (unpaired) electrons. The number of H-pyrrole nitrogens is 1. The summed E-state index contributed by atoms with van der Waals surface area (Å²) >= 11 is 0. The van der Waals surface area contributed by atoms with E-state index in [4.69, 9.17) is 0 Å². The number of fused-ring (bicyclic) bond motifs is 1. The average Bonchev–Trinajstić information content (AvgIpc) is 3.59. The Morgan fingerprint density at radius 2 is 2.00 bits per heavy atom. The molecule has 35 heavy (non-hydrogen) atoms. The number of carbonyl (C=O) groups is 1. The predicted octanol–water partition coefficient (Wildman–Crippen LogP) is 2.68. The predicted molar refractivity (Wildman–Crippen MR) is 132 cm³/mol. The summed E-state index contributed by atoms with van der Waals surface area (Å²) in [6.45, 7) is 4.42. The van der Waals surface area contributed by atoms with E-state index in [-0.39, 0.29) is 23.2 Å². The van der Waals surface area contributed by atoms with Gasteiger partial charge in [0, 0.05) is 56.1 Å². The van der Waals surface area contributed by atoms with Crippen LogP contribution in [0, 0.1) is 0 Å². The van der Waals surface area contributed by atoms with Crippen LogP contribution in [0.2, 0.25) is 0 Å². The van der Waals surface area contributed by atoms with Crippen molar-refractivity contribution in [3.05, 3.63) is 69.3 Å². The lowest BCUT2D eigenvalue weighted by Gasteiger charge is -2.20. The molecule has 0 bridgehead atoms. The van der Waals surface area contributed by atoms with E-state index in [1.165, 1.54) is 11.5 Å². The third-order valence-electron chi connectivity index (χ3n) is 6.16. The number of nitrogens with zero attached hydrogens (tertiary/aromatic N) is 6. The molecule has 10 heteroatoms. The fourth-order valence-electron chi connectivity index (χ4n) is 4.24. The summed E-state index contributed by atoms with van der Waals surface area (Å²) in [5.41, 5.74) is 1.60. The van der Waals surface area contributed by atoms with E-state index in [1.807, 2.05) is 25.1 Å². The minimum absolute atomic E-state index is 0.0288. The molecule has 4 heterocycles. The van der Waals surface area contributed by atoms with Gasteiger partial charge in [-0.1, -0.05) is 13.0 Å². The number of nitrogens with one attached hydrogen (secondary N) is 1. The minimum Gasteiger partial charge on any atom is -0.332 e. The SMILES string of the molecule is CCCn1c(=O)n(C2CC2)c(=O)c2[nH]c(-c3ccc(N(CCc4ccccn4)C(C)=O)nc3)nc21. The summed E-state index contributed by atoms with van der Waals surface area (Å²) in [5, 5.41) is 0. The Labute approximate surface area is 201 Å². The molecular formula is C25H27N7O3. The lowest BCUT2D eigenvalue weighted by molar-refractivity contribution is -0.116. The highest BCUT2D eigenvalue weighted by Gasteiger charge is 2.30. The van der Waals surface area contributed by atoms with E-state index < -0.39 is 0 Å². The summed E-state index contributed by atoms with van der Waals surface area (Å²) in [6.07, 6.45) is 6.38. The van der Waals surface area contributed by atoms with E-state index >= 15 is 0 Å². The van der Waals surface area contributed by atoms with Gasteiger partial charge in [-0.05, 0) is 43.5 Å². The van der Waals surface area contributed by atoms with Crippen LogP contribution >= 0.6 is 0 Å². The van der Waals surface area contributed by atoms with E-state index in [0.29, 0.717) is 47.9 Å². The first-order valence-corrected chi connectivity index (χ1v) is 11.9. The average molecular weight is 474 g/mol. The van der Waals surface area contributed by atoms with Crippen LogP contribution in [0.25, 0.3) is 22.6 Å². The second-order valence-corrected chi connectivity index (χ2v) is 8.77. The fraction of sp³-hybridized carbons (Fsp3) is 0.360. The number of amides is 1. The third kappa shape index (κ3) is 4.39. The van der Waals surface area contributed by atoms with Crippen molar-refractivity contribution in [3.63, 3.8) is 0 Å². The molecule has 1 fully saturated rings. The van der Waals surface area contributed by atoms with Crippen molar-refractivity contribution < 1.29 is 4.79 Å². The normalized spacial score (nSPS) is 13.3. The smallest absolute Gasteiger partial charge is 0.332 e. The second kappa shape index (κ2) is 9.28. The van der Waals surface area contributed by atoms with Gasteiger partial charge in [-0.15, -0.1) is 0 Å². The molecule has 0 aromatic carbocycles. The molecule has 180 valence electrons. The van der Waals surface area contributed by atoms with Gasteiger partial charge in [0.1, 0.15) is 17.2 Å². The molecule has 1 aliphatic carbocycles. The number of aryl methyl sites for hydroxylation is 1. The van der Waals surface area contributed by atoms with Gasteiger partial charge in [0.15, 0.2) is 5.65 Å². The molecule has 10 nitrogen and oxygen atoms in total. The van der Waals surface area contributed by atoms with Gasteiger partial charge in [0.25, 0.3) is 5.56 Å². The van der Waals surface area contributed by atoms with Gasteiger partial charge in [-0.25, -0.2) is 14.8 Å². The number of hydrogen-bond donors (Lipinski definition) is 1. The van der Waals surface area contributed by atoms with Gasteiger partial charge in [0.2, 0.25) is 5.91 Å².